The maximum Gasteiger partial charge on any atom is 0.0703 e. The summed E-state index contributed by atoms with van der Waals surface area (Å²) in [4.78, 5) is 4.08. The predicted molar refractivity (Wildman–Crippen MR) is 62.7 cm³/mol. The van der Waals surface area contributed by atoms with E-state index in [-0.39, 0.29) is 5.41 Å². The summed E-state index contributed by atoms with van der Waals surface area (Å²) in [5.41, 5.74) is 1.18. The molecule has 0 saturated heterocycles. The summed E-state index contributed by atoms with van der Waals surface area (Å²) in [6.07, 6.45) is 7.99. The van der Waals surface area contributed by atoms with Crippen LogP contribution in [0.1, 0.15) is 24.8 Å². The molecule has 84 valence electrons. The molecule has 1 N–H and O–H groups in total. The van der Waals surface area contributed by atoms with E-state index >= 15 is 0 Å². The zero-order valence-electron chi connectivity index (χ0n) is 9.45. The molecule has 1 saturated carbocycles. The molecule has 16 heavy (non-hydrogen) atoms. The van der Waals surface area contributed by atoms with Crippen molar-refractivity contribution in [3.63, 3.8) is 0 Å². The van der Waals surface area contributed by atoms with Crippen molar-refractivity contribution < 1.29 is 0 Å². The second-order valence-corrected chi connectivity index (χ2v) is 4.53. The van der Waals surface area contributed by atoms with E-state index in [1.165, 1.54) is 12.0 Å². The maximum absolute atomic E-state index is 9.05. The average molecular weight is 215 g/mol. The number of aromatic nitrogens is 1. The predicted octanol–water partition coefficient (Wildman–Crippen LogP) is 1.91. The molecule has 0 radical (unpaired) electrons. The third kappa shape index (κ3) is 2.59. The van der Waals surface area contributed by atoms with Gasteiger partial charge >= 0.3 is 0 Å². The molecule has 3 heteroatoms. The molecule has 0 aromatic carbocycles. The minimum Gasteiger partial charge on any atom is -0.315 e. The first-order chi connectivity index (χ1) is 7.85. The average Bonchev–Trinajstić information content (AvgIpc) is 2.29. The highest BCUT2D eigenvalue weighted by atomic mass is 14.9. The molecule has 0 bridgehead atoms. The quantitative estimate of drug-likeness (QED) is 0.763. The Morgan fingerprint density at radius 3 is 2.94 bits per heavy atom. The summed E-state index contributed by atoms with van der Waals surface area (Å²) >= 11 is 0. The Morgan fingerprint density at radius 2 is 2.38 bits per heavy atom. The van der Waals surface area contributed by atoms with Crippen molar-refractivity contribution in [1.82, 2.24) is 10.3 Å². The highest BCUT2D eigenvalue weighted by molar-refractivity contribution is 5.09. The second-order valence-electron chi connectivity index (χ2n) is 4.53. The van der Waals surface area contributed by atoms with Gasteiger partial charge in [0.25, 0.3) is 0 Å². The molecule has 1 aromatic rings. The maximum atomic E-state index is 9.05. The first kappa shape index (κ1) is 11.1. The monoisotopic (exact) mass is 215 g/mol. The van der Waals surface area contributed by atoms with Crippen LogP contribution in [-0.2, 0) is 6.42 Å². The minimum absolute atomic E-state index is 0.0606. The smallest absolute Gasteiger partial charge is 0.0703 e. The Balaban J connectivity index is 1.68. The zero-order valence-corrected chi connectivity index (χ0v) is 9.45. The van der Waals surface area contributed by atoms with Crippen LogP contribution in [0.15, 0.2) is 24.5 Å². The fraction of sp³-hybridized carbons (Fsp3) is 0.538. The Morgan fingerprint density at radius 1 is 1.50 bits per heavy atom. The van der Waals surface area contributed by atoms with Gasteiger partial charge in [-0.1, -0.05) is 12.5 Å². The third-order valence-corrected chi connectivity index (χ3v) is 3.32. The van der Waals surface area contributed by atoms with E-state index in [0.717, 1.165) is 32.4 Å². The number of nitriles is 1. The summed E-state index contributed by atoms with van der Waals surface area (Å²) in [5, 5.41) is 12.4. The molecule has 3 nitrogen and oxygen atoms in total. The summed E-state index contributed by atoms with van der Waals surface area (Å²) in [5.74, 6) is 0. The van der Waals surface area contributed by atoms with Gasteiger partial charge < -0.3 is 5.32 Å². The Kier molecular flexibility index (Phi) is 3.53. The SMILES string of the molecule is N#CC1(CNCCc2cccnc2)CCC1. The van der Waals surface area contributed by atoms with Crippen molar-refractivity contribution >= 4 is 0 Å². The molecular formula is C13H17N3. The molecule has 0 unspecified atom stereocenters. The van der Waals surface area contributed by atoms with Crippen LogP contribution in [-0.4, -0.2) is 18.1 Å². The fourth-order valence-corrected chi connectivity index (χ4v) is 2.04. The Labute approximate surface area is 96.5 Å². The van der Waals surface area contributed by atoms with Crippen molar-refractivity contribution in [3.8, 4) is 6.07 Å². The summed E-state index contributed by atoms with van der Waals surface area (Å²) < 4.78 is 0. The van der Waals surface area contributed by atoms with Crippen LogP contribution in [0.2, 0.25) is 0 Å². The van der Waals surface area contributed by atoms with Crippen molar-refractivity contribution in [1.29, 1.82) is 5.26 Å². The molecule has 1 heterocycles. The third-order valence-electron chi connectivity index (χ3n) is 3.32. The lowest BCUT2D eigenvalue weighted by molar-refractivity contribution is 0.208. The van der Waals surface area contributed by atoms with E-state index in [2.05, 4.69) is 22.4 Å². The highest BCUT2D eigenvalue weighted by Crippen LogP contribution is 2.39. The van der Waals surface area contributed by atoms with Gasteiger partial charge in [-0.25, -0.2) is 0 Å². The van der Waals surface area contributed by atoms with Crippen molar-refractivity contribution in [2.24, 2.45) is 5.41 Å². The zero-order chi connectivity index (χ0) is 11.3. The fourth-order valence-electron chi connectivity index (χ4n) is 2.04. The molecule has 2 rings (SSSR count). The lowest BCUT2D eigenvalue weighted by Gasteiger charge is -2.35. The Bertz CT molecular complexity index is 363. The normalized spacial score (nSPS) is 17.4. The number of hydrogen-bond acceptors (Lipinski definition) is 3. The Hall–Kier alpha value is -1.40. The van der Waals surface area contributed by atoms with Gasteiger partial charge in [-0.15, -0.1) is 0 Å². The largest absolute Gasteiger partial charge is 0.315 e. The van der Waals surface area contributed by atoms with Gasteiger partial charge in [-0.2, -0.15) is 5.26 Å². The summed E-state index contributed by atoms with van der Waals surface area (Å²) in [7, 11) is 0. The van der Waals surface area contributed by atoms with Gasteiger partial charge in [0.15, 0.2) is 0 Å². The van der Waals surface area contributed by atoms with Crippen LogP contribution in [0.4, 0.5) is 0 Å². The lowest BCUT2D eigenvalue weighted by Crippen LogP contribution is -2.39. The number of pyridine rings is 1. The summed E-state index contributed by atoms with van der Waals surface area (Å²) in [6.45, 7) is 1.76. The van der Waals surface area contributed by atoms with E-state index in [0.29, 0.717) is 0 Å². The first-order valence-electron chi connectivity index (χ1n) is 5.86. The van der Waals surface area contributed by atoms with E-state index in [9.17, 15) is 0 Å². The van der Waals surface area contributed by atoms with Gasteiger partial charge in [0.05, 0.1) is 11.5 Å². The van der Waals surface area contributed by atoms with Gasteiger partial charge in [-0.3, -0.25) is 4.98 Å². The lowest BCUT2D eigenvalue weighted by atomic mass is 9.70. The van der Waals surface area contributed by atoms with Gasteiger partial charge in [0.1, 0.15) is 0 Å². The molecule has 0 amide bonds. The molecular weight excluding hydrogens is 198 g/mol. The minimum atomic E-state index is -0.0606. The van der Waals surface area contributed by atoms with Crippen LogP contribution in [0.5, 0.6) is 0 Å². The second kappa shape index (κ2) is 5.09. The molecule has 1 fully saturated rings. The first-order valence-corrected chi connectivity index (χ1v) is 5.86. The van der Waals surface area contributed by atoms with Crippen molar-refractivity contribution in [2.75, 3.05) is 13.1 Å². The molecule has 1 aliphatic rings. The molecule has 1 aromatic heterocycles. The van der Waals surface area contributed by atoms with Crippen LogP contribution >= 0.6 is 0 Å². The summed E-state index contributed by atoms with van der Waals surface area (Å²) in [6, 6.07) is 6.48. The van der Waals surface area contributed by atoms with E-state index in [1.54, 1.807) is 6.20 Å². The number of rotatable bonds is 5. The van der Waals surface area contributed by atoms with Gasteiger partial charge in [0, 0.05) is 18.9 Å². The number of hydrogen-bond donors (Lipinski definition) is 1. The van der Waals surface area contributed by atoms with Crippen molar-refractivity contribution in [2.45, 2.75) is 25.7 Å². The van der Waals surface area contributed by atoms with E-state index in [1.807, 2.05) is 12.3 Å². The molecule has 0 atom stereocenters. The van der Waals surface area contributed by atoms with Gasteiger partial charge in [0.2, 0.25) is 0 Å². The van der Waals surface area contributed by atoms with Crippen molar-refractivity contribution in [3.05, 3.63) is 30.1 Å². The van der Waals surface area contributed by atoms with E-state index < -0.39 is 0 Å². The topological polar surface area (TPSA) is 48.7 Å². The van der Waals surface area contributed by atoms with Crippen LogP contribution in [0.25, 0.3) is 0 Å². The molecule has 0 aliphatic heterocycles. The molecule has 1 aliphatic carbocycles. The van der Waals surface area contributed by atoms with Crippen LogP contribution in [0.3, 0.4) is 0 Å². The number of nitrogens with zero attached hydrogens (tertiary/aromatic N) is 2. The van der Waals surface area contributed by atoms with E-state index in [4.69, 9.17) is 5.26 Å². The molecule has 0 spiro atoms. The number of nitrogens with one attached hydrogen (secondary N) is 1. The standard InChI is InChI=1S/C13H17N3/c14-10-13(5-2-6-13)11-16-8-4-12-3-1-7-15-9-12/h1,3,7,9,16H,2,4-6,8,11H2. The van der Waals surface area contributed by atoms with Crippen LogP contribution in [0, 0.1) is 16.7 Å². The van der Waals surface area contributed by atoms with Crippen LogP contribution < -0.4 is 5.32 Å². The highest BCUT2D eigenvalue weighted by Gasteiger charge is 2.36. The van der Waals surface area contributed by atoms with Gasteiger partial charge in [-0.05, 0) is 37.4 Å².